The summed E-state index contributed by atoms with van der Waals surface area (Å²) < 4.78 is 40.4. The van der Waals surface area contributed by atoms with Gasteiger partial charge in [-0.3, -0.25) is 9.59 Å². The molecule has 103 heavy (non-hydrogen) atoms. The van der Waals surface area contributed by atoms with E-state index in [0.717, 1.165) is 82.6 Å². The van der Waals surface area contributed by atoms with Crippen LogP contribution in [-0.4, -0.2) is 57.5 Å². The molecule has 0 bridgehead atoms. The number of ether oxygens (including phenoxy) is 6. The van der Waals surface area contributed by atoms with E-state index in [1.807, 2.05) is 30.3 Å². The number of benzene rings is 2. The predicted molar refractivity (Wildman–Crippen MR) is 446 cm³/mol. The van der Waals surface area contributed by atoms with Crippen LogP contribution in [0.4, 0.5) is 5.69 Å². The molecule has 0 saturated heterocycles. The molecule has 0 radical (unpaired) electrons. The second kappa shape index (κ2) is 72.1. The van der Waals surface area contributed by atoms with Gasteiger partial charge in [-0.15, -0.1) is 0 Å². The van der Waals surface area contributed by atoms with Gasteiger partial charge in [0.25, 0.3) is 0 Å². The summed E-state index contributed by atoms with van der Waals surface area (Å²) in [5.41, 5.74) is 1.35. The monoisotopic (exact) mass is 1440 g/mol. The zero-order valence-corrected chi connectivity index (χ0v) is 69.3. The molecule has 2 rings (SSSR count). The Bertz CT molecular complexity index is 2140. The number of carbonyl (C=O) groups excluding carboxylic acids is 2. The van der Waals surface area contributed by atoms with E-state index in [9.17, 15) is 9.59 Å². The fourth-order valence-corrected chi connectivity index (χ4v) is 14.0. The Balaban J connectivity index is 2.49. The van der Waals surface area contributed by atoms with E-state index < -0.39 is 6.04 Å². The highest BCUT2D eigenvalue weighted by Gasteiger charge is 2.25. The quantitative estimate of drug-likeness (QED) is 0.0497. The molecule has 0 heterocycles. The summed E-state index contributed by atoms with van der Waals surface area (Å²) in [7, 11) is 0. The van der Waals surface area contributed by atoms with Gasteiger partial charge in [-0.25, -0.2) is 0 Å². The molecule has 1 atom stereocenters. The van der Waals surface area contributed by atoms with E-state index in [0.29, 0.717) is 86.2 Å². The van der Waals surface area contributed by atoms with Crippen molar-refractivity contribution in [3.63, 3.8) is 0 Å². The van der Waals surface area contributed by atoms with Crippen LogP contribution in [0.2, 0.25) is 0 Å². The number of nitrogens with one attached hydrogen (secondary N) is 2. The first kappa shape index (κ1) is 95.0. The lowest BCUT2D eigenvalue weighted by molar-refractivity contribution is -0.124. The smallest absolute Gasteiger partial charge is 0.246 e. The molecular formula is C93H168N2O8. The molecular weight excluding hydrogens is 1270 g/mol. The summed E-state index contributed by atoms with van der Waals surface area (Å²) in [5.74, 6) is 3.30. The summed E-state index contributed by atoms with van der Waals surface area (Å²) >= 11 is 0. The first-order chi connectivity index (χ1) is 50.7. The minimum absolute atomic E-state index is 0.125. The van der Waals surface area contributed by atoms with Crippen LogP contribution in [0, 0.1) is 5.92 Å². The number of hydrogen-bond acceptors (Lipinski definition) is 8. The molecule has 0 fully saturated rings. The molecule has 0 aliphatic carbocycles. The SMILES string of the molecule is CCCCCCCCCCCCOc1cc(/C=C/C(=O)N[C@H](CC(C)C)C(=O)Nc2cc(OCCCCCCCCCCCC)c(OCCCCCCCCCCCC)c(OCCCCCCCCCCCC)c2)cc(OCCCCCCCCCCCC)c1OCCCCCCCCCCCC. The fourth-order valence-electron chi connectivity index (χ4n) is 14.0. The number of unbranched alkanes of at least 4 members (excludes halogenated alkanes) is 54. The Morgan fingerprint density at radius 2 is 0.515 bits per heavy atom. The second-order valence-corrected chi connectivity index (χ2v) is 31.3. The van der Waals surface area contributed by atoms with Crippen LogP contribution < -0.4 is 39.1 Å². The Morgan fingerprint density at radius 1 is 0.301 bits per heavy atom. The maximum Gasteiger partial charge on any atom is 0.246 e. The number of anilines is 1. The Hall–Kier alpha value is -4.08. The molecule has 2 amide bonds. The maximum atomic E-state index is 14.8. The zero-order chi connectivity index (χ0) is 74.2. The first-order valence-electron chi connectivity index (χ1n) is 45.1. The predicted octanol–water partition coefficient (Wildman–Crippen LogP) is 29.7. The van der Waals surface area contributed by atoms with E-state index in [1.165, 1.54) is 308 Å². The lowest BCUT2D eigenvalue weighted by atomic mass is 10.0. The molecule has 0 spiro atoms. The second-order valence-electron chi connectivity index (χ2n) is 31.3. The number of hydrogen-bond donors (Lipinski definition) is 2. The van der Waals surface area contributed by atoms with Crippen LogP contribution in [0.25, 0.3) is 6.08 Å². The molecule has 0 unspecified atom stereocenters. The van der Waals surface area contributed by atoms with E-state index >= 15 is 0 Å². The van der Waals surface area contributed by atoms with E-state index in [4.69, 9.17) is 28.4 Å². The number of carbonyl (C=O) groups is 2. The summed E-state index contributed by atoms with van der Waals surface area (Å²) in [6.45, 7) is 21.3. The molecule has 10 heteroatoms. The van der Waals surface area contributed by atoms with Crippen LogP contribution in [0.5, 0.6) is 34.5 Å². The van der Waals surface area contributed by atoms with E-state index in [-0.39, 0.29) is 17.7 Å². The van der Waals surface area contributed by atoms with Crippen molar-refractivity contribution in [2.75, 3.05) is 45.0 Å². The van der Waals surface area contributed by atoms with Crippen molar-refractivity contribution in [1.29, 1.82) is 0 Å². The lowest BCUT2D eigenvalue weighted by Crippen LogP contribution is -2.44. The molecule has 0 aliphatic heterocycles. The zero-order valence-electron chi connectivity index (χ0n) is 69.3. The van der Waals surface area contributed by atoms with Crippen LogP contribution in [-0.2, 0) is 9.59 Å². The van der Waals surface area contributed by atoms with Crippen molar-refractivity contribution >= 4 is 23.6 Å². The van der Waals surface area contributed by atoms with Crippen molar-refractivity contribution in [3.8, 4) is 34.5 Å². The largest absolute Gasteiger partial charge is 0.490 e. The topological polar surface area (TPSA) is 114 Å². The molecule has 0 aliphatic rings. The first-order valence-corrected chi connectivity index (χ1v) is 45.1. The molecule has 2 aromatic carbocycles. The number of rotatable bonds is 79. The summed E-state index contributed by atoms with van der Waals surface area (Å²) in [5, 5.41) is 6.39. The minimum atomic E-state index is -0.807. The van der Waals surface area contributed by atoms with Gasteiger partial charge in [0.05, 0.1) is 39.6 Å². The van der Waals surface area contributed by atoms with Crippen molar-refractivity contribution in [2.24, 2.45) is 5.92 Å². The van der Waals surface area contributed by atoms with Gasteiger partial charge in [-0.1, -0.05) is 402 Å². The minimum Gasteiger partial charge on any atom is -0.490 e. The number of amides is 2. The lowest BCUT2D eigenvalue weighted by Gasteiger charge is -2.22. The Kier molecular flexibility index (Phi) is 66.5. The third-order valence-electron chi connectivity index (χ3n) is 20.6. The third-order valence-corrected chi connectivity index (χ3v) is 20.6. The van der Waals surface area contributed by atoms with Crippen LogP contribution in [0.3, 0.4) is 0 Å². The van der Waals surface area contributed by atoms with Crippen LogP contribution in [0.1, 0.15) is 453 Å². The highest BCUT2D eigenvalue weighted by molar-refractivity contribution is 6.00. The summed E-state index contributed by atoms with van der Waals surface area (Å²) in [4.78, 5) is 29.1. The third kappa shape index (κ3) is 55.9. The van der Waals surface area contributed by atoms with Gasteiger partial charge < -0.3 is 39.1 Å². The van der Waals surface area contributed by atoms with Gasteiger partial charge in [0.15, 0.2) is 23.0 Å². The van der Waals surface area contributed by atoms with Crippen molar-refractivity contribution in [3.05, 3.63) is 35.9 Å². The van der Waals surface area contributed by atoms with Gasteiger partial charge in [0, 0.05) is 23.9 Å². The molecule has 10 nitrogen and oxygen atoms in total. The normalized spacial score (nSPS) is 11.9. The van der Waals surface area contributed by atoms with Crippen molar-refractivity contribution in [1.82, 2.24) is 5.32 Å². The Labute approximate surface area is 637 Å². The van der Waals surface area contributed by atoms with Gasteiger partial charge in [-0.2, -0.15) is 0 Å². The van der Waals surface area contributed by atoms with Crippen molar-refractivity contribution < 1.29 is 38.0 Å². The average molecular weight is 1440 g/mol. The maximum absolute atomic E-state index is 14.8. The van der Waals surface area contributed by atoms with Crippen LogP contribution in [0.15, 0.2) is 30.3 Å². The van der Waals surface area contributed by atoms with Crippen LogP contribution >= 0.6 is 0 Å². The van der Waals surface area contributed by atoms with Gasteiger partial charge >= 0.3 is 0 Å². The average Bonchev–Trinajstić information content (AvgIpc) is 0.830. The summed E-state index contributed by atoms with van der Waals surface area (Å²) in [6.07, 6.45) is 78.9. The molecule has 2 N–H and O–H groups in total. The van der Waals surface area contributed by atoms with E-state index in [2.05, 4.69) is 66.0 Å². The summed E-state index contributed by atoms with van der Waals surface area (Å²) in [6, 6.07) is 7.05. The van der Waals surface area contributed by atoms with Gasteiger partial charge in [-0.05, 0) is 74.6 Å². The van der Waals surface area contributed by atoms with E-state index in [1.54, 1.807) is 6.08 Å². The Morgan fingerprint density at radius 3 is 0.748 bits per heavy atom. The molecule has 2 aromatic rings. The van der Waals surface area contributed by atoms with Gasteiger partial charge in [0.2, 0.25) is 23.3 Å². The standard InChI is InChI=1S/C93H168N2O8/c1-9-15-21-27-33-39-45-51-57-63-71-98-86-78-83(79-87(99-72-64-58-52-46-40-34-28-22-16-10-2)91(86)102-75-67-61-55-49-43-37-31-25-19-13-5)69-70-90(96)95-85(77-82(7)8)93(97)94-84-80-88(100-73-65-59-53-47-41-35-29-23-17-11-3)92(103-76-68-62-56-50-44-38-32-26-20-14-6)89(81-84)101-74-66-60-54-48-42-36-30-24-18-12-4/h69-70,78-82,85H,9-68,71-77H2,1-8H3,(H,94,97)(H,95,96)/b70-69+/t85-/m1/s1. The highest BCUT2D eigenvalue weighted by Crippen LogP contribution is 2.43. The van der Waals surface area contributed by atoms with Gasteiger partial charge in [0.1, 0.15) is 6.04 Å². The van der Waals surface area contributed by atoms with Crippen molar-refractivity contribution in [2.45, 2.75) is 453 Å². The molecule has 598 valence electrons. The molecule has 0 saturated carbocycles. The highest BCUT2D eigenvalue weighted by atomic mass is 16.5. The fraction of sp³-hybridized carbons (Fsp3) is 0.828. The molecule has 0 aromatic heterocycles.